The Balaban J connectivity index is 1.31. The highest BCUT2D eigenvalue weighted by molar-refractivity contribution is 7.90. The first-order valence-corrected chi connectivity index (χ1v) is 16.9. The zero-order valence-corrected chi connectivity index (χ0v) is 26.0. The number of carbonyl (C=O) groups is 1. The number of pyridine rings is 1. The summed E-state index contributed by atoms with van der Waals surface area (Å²) in [6, 6.07) is 7.78. The summed E-state index contributed by atoms with van der Waals surface area (Å²) in [5.41, 5.74) is 1.99. The molecule has 6 rings (SSSR count). The summed E-state index contributed by atoms with van der Waals surface area (Å²) in [6.07, 6.45) is 5.91. The van der Waals surface area contributed by atoms with Gasteiger partial charge in [-0.3, -0.25) is 4.79 Å². The summed E-state index contributed by atoms with van der Waals surface area (Å²) in [5.74, 6) is 1.63. The van der Waals surface area contributed by atoms with E-state index >= 15 is 0 Å². The molecule has 1 aromatic carbocycles. The van der Waals surface area contributed by atoms with Crippen LogP contribution in [-0.2, 0) is 19.4 Å². The van der Waals surface area contributed by atoms with Crippen molar-refractivity contribution >= 4 is 49.8 Å². The number of alkyl halides is 1. The van der Waals surface area contributed by atoms with E-state index in [0.717, 1.165) is 28.4 Å². The number of benzene rings is 1. The Morgan fingerprint density at radius 2 is 1.98 bits per heavy atom. The SMILES string of the molecule is C=CC(=O)N1CC[C@@H]1c1ccc(N2C[C@H](CS(C)(=O)=O)[C@H]2C)c2cnc(Nc3ccnc(N4CC[C@@H](OC)[C@@H](F)C4)n3)cc12. The molecule has 2 aromatic heterocycles. The highest BCUT2D eigenvalue weighted by Crippen LogP contribution is 2.43. The topological polar surface area (TPSA) is 121 Å². The van der Waals surface area contributed by atoms with E-state index in [1.54, 1.807) is 12.3 Å². The smallest absolute Gasteiger partial charge is 0.246 e. The van der Waals surface area contributed by atoms with Gasteiger partial charge in [-0.1, -0.05) is 12.6 Å². The van der Waals surface area contributed by atoms with Crippen molar-refractivity contribution in [3.05, 3.63) is 54.9 Å². The first-order chi connectivity index (χ1) is 21.1. The second kappa shape index (κ2) is 11.9. The van der Waals surface area contributed by atoms with Crippen LogP contribution in [0, 0.1) is 5.92 Å². The van der Waals surface area contributed by atoms with Crippen molar-refractivity contribution in [1.82, 2.24) is 19.9 Å². The van der Waals surface area contributed by atoms with Crippen LogP contribution in [-0.4, -0.2) is 97.8 Å². The number of ether oxygens (including phenoxy) is 1. The number of nitrogens with one attached hydrogen (secondary N) is 1. The summed E-state index contributed by atoms with van der Waals surface area (Å²) in [7, 11) is -1.55. The van der Waals surface area contributed by atoms with Crippen molar-refractivity contribution in [2.24, 2.45) is 5.92 Å². The normalized spacial score (nSPS) is 25.4. The van der Waals surface area contributed by atoms with E-state index in [4.69, 9.17) is 9.72 Å². The summed E-state index contributed by atoms with van der Waals surface area (Å²) < 4.78 is 43.7. The lowest BCUT2D eigenvalue weighted by atomic mass is 9.87. The molecule has 0 radical (unpaired) electrons. The number of halogens is 1. The Hall–Kier alpha value is -3.84. The van der Waals surface area contributed by atoms with E-state index in [0.29, 0.717) is 43.6 Å². The van der Waals surface area contributed by atoms with Crippen molar-refractivity contribution in [2.45, 2.75) is 44.1 Å². The standard InChI is InChI=1S/C31H38FN7O4S/c1-5-30(40)38-13-9-26(38)21-6-7-25(39-16-20(19(39)2)18-44(4,41)42)23-15-34-29(14-22(21)23)35-28-8-11-33-31(36-28)37-12-10-27(43-3)24(32)17-37/h5-8,11,14-15,19-20,24,26-27H,1,9-10,12-13,16-18H2,2-4H3,(H,33,34,35,36)/t19-,20-,24+,26-,27-/m1/s1. The van der Waals surface area contributed by atoms with Crippen LogP contribution in [0.25, 0.3) is 10.8 Å². The zero-order chi connectivity index (χ0) is 31.2. The molecular weight excluding hydrogens is 585 g/mol. The van der Waals surface area contributed by atoms with Gasteiger partial charge in [-0.25, -0.2) is 22.8 Å². The van der Waals surface area contributed by atoms with E-state index in [1.807, 2.05) is 22.1 Å². The molecule has 3 aromatic rings. The van der Waals surface area contributed by atoms with E-state index in [-0.39, 0.29) is 36.2 Å². The van der Waals surface area contributed by atoms with Crippen molar-refractivity contribution in [3.8, 4) is 0 Å². The van der Waals surface area contributed by atoms with E-state index in [1.165, 1.54) is 19.4 Å². The predicted molar refractivity (Wildman–Crippen MR) is 169 cm³/mol. The number of likely N-dealkylation sites (tertiary alicyclic amines) is 1. The van der Waals surface area contributed by atoms with Crippen molar-refractivity contribution in [1.29, 1.82) is 0 Å². The fourth-order valence-corrected chi connectivity index (χ4v) is 7.73. The number of hydrogen-bond donors (Lipinski definition) is 1. The number of aromatic nitrogens is 3. The average Bonchev–Trinajstić information content (AvgIpc) is 2.98. The quantitative estimate of drug-likeness (QED) is 0.354. The first kappa shape index (κ1) is 30.2. The van der Waals surface area contributed by atoms with E-state index < -0.39 is 22.1 Å². The predicted octanol–water partition coefficient (Wildman–Crippen LogP) is 3.66. The van der Waals surface area contributed by atoms with Crippen LogP contribution in [0.4, 0.5) is 27.7 Å². The molecule has 5 atom stereocenters. The van der Waals surface area contributed by atoms with Crippen LogP contribution < -0.4 is 15.1 Å². The molecule has 3 saturated heterocycles. The molecule has 0 saturated carbocycles. The Kier molecular flexibility index (Phi) is 8.18. The molecule has 3 aliphatic rings. The number of piperidine rings is 1. The van der Waals surface area contributed by atoms with E-state index in [9.17, 15) is 17.6 Å². The Bertz CT molecular complexity index is 1690. The van der Waals surface area contributed by atoms with Gasteiger partial charge in [0.05, 0.1) is 24.4 Å². The molecule has 3 aliphatic heterocycles. The minimum Gasteiger partial charge on any atom is -0.378 e. The molecule has 0 bridgehead atoms. The van der Waals surface area contributed by atoms with Crippen molar-refractivity contribution in [2.75, 3.05) is 60.4 Å². The Morgan fingerprint density at radius 3 is 2.64 bits per heavy atom. The minimum absolute atomic E-state index is 0.0523. The van der Waals surface area contributed by atoms with Crippen LogP contribution in [0.15, 0.2) is 49.3 Å². The lowest BCUT2D eigenvalue weighted by Crippen LogP contribution is -2.57. The molecule has 234 valence electrons. The minimum atomic E-state index is -3.08. The maximum atomic E-state index is 14.5. The van der Waals surface area contributed by atoms with Gasteiger partial charge in [-0.05, 0) is 55.0 Å². The average molecular weight is 624 g/mol. The number of hydrogen-bond acceptors (Lipinski definition) is 10. The number of carbonyl (C=O) groups excluding carboxylic acids is 1. The first-order valence-electron chi connectivity index (χ1n) is 14.9. The third-order valence-electron chi connectivity index (χ3n) is 9.15. The second-order valence-electron chi connectivity index (χ2n) is 12.0. The fraction of sp³-hybridized carbons (Fsp3) is 0.484. The van der Waals surface area contributed by atoms with Crippen LogP contribution >= 0.6 is 0 Å². The summed E-state index contributed by atoms with van der Waals surface area (Å²) in [4.78, 5) is 32.1. The number of sulfone groups is 1. The molecular formula is C31H38FN7O4S. The maximum Gasteiger partial charge on any atom is 0.246 e. The third kappa shape index (κ3) is 5.82. The molecule has 13 heteroatoms. The summed E-state index contributed by atoms with van der Waals surface area (Å²) >= 11 is 0. The lowest BCUT2D eigenvalue weighted by Gasteiger charge is -2.48. The van der Waals surface area contributed by atoms with Gasteiger partial charge in [0, 0.05) is 68.4 Å². The van der Waals surface area contributed by atoms with Gasteiger partial charge in [0.1, 0.15) is 27.6 Å². The van der Waals surface area contributed by atoms with E-state index in [2.05, 4.69) is 45.8 Å². The van der Waals surface area contributed by atoms with Crippen molar-refractivity contribution < 1.29 is 22.3 Å². The second-order valence-corrected chi connectivity index (χ2v) is 14.2. The molecule has 1 amide bonds. The number of rotatable bonds is 9. The van der Waals surface area contributed by atoms with Gasteiger partial charge in [0.15, 0.2) is 0 Å². The highest BCUT2D eigenvalue weighted by Gasteiger charge is 2.39. The molecule has 3 fully saturated rings. The fourth-order valence-electron chi connectivity index (χ4n) is 6.57. The molecule has 5 heterocycles. The van der Waals surface area contributed by atoms with Crippen LogP contribution in [0.2, 0.25) is 0 Å². The Morgan fingerprint density at radius 1 is 1.16 bits per heavy atom. The molecule has 11 nitrogen and oxygen atoms in total. The van der Waals surface area contributed by atoms with Gasteiger partial charge >= 0.3 is 0 Å². The van der Waals surface area contributed by atoms with Gasteiger partial charge < -0.3 is 24.8 Å². The van der Waals surface area contributed by atoms with Crippen LogP contribution in [0.3, 0.4) is 0 Å². The van der Waals surface area contributed by atoms with Crippen LogP contribution in [0.1, 0.15) is 31.4 Å². The highest BCUT2D eigenvalue weighted by atomic mass is 32.2. The molecule has 0 unspecified atom stereocenters. The number of fused-ring (bicyclic) bond motifs is 1. The summed E-state index contributed by atoms with van der Waals surface area (Å²) in [6.45, 7) is 7.76. The monoisotopic (exact) mass is 623 g/mol. The maximum absolute atomic E-state index is 14.5. The zero-order valence-electron chi connectivity index (χ0n) is 25.2. The third-order valence-corrected chi connectivity index (χ3v) is 10.2. The van der Waals surface area contributed by atoms with Gasteiger partial charge in [0.25, 0.3) is 0 Å². The number of anilines is 4. The molecule has 0 aliphatic carbocycles. The lowest BCUT2D eigenvalue weighted by molar-refractivity contribution is -0.133. The van der Waals surface area contributed by atoms with Gasteiger partial charge in [-0.2, -0.15) is 4.98 Å². The molecule has 1 N–H and O–H groups in total. The molecule has 44 heavy (non-hydrogen) atoms. The van der Waals surface area contributed by atoms with Crippen molar-refractivity contribution in [3.63, 3.8) is 0 Å². The summed E-state index contributed by atoms with van der Waals surface area (Å²) in [5, 5.41) is 5.16. The number of methoxy groups -OCH3 is 1. The number of amides is 1. The van der Waals surface area contributed by atoms with Gasteiger partial charge in [-0.15, -0.1) is 0 Å². The van der Waals surface area contributed by atoms with Gasteiger partial charge in [0.2, 0.25) is 11.9 Å². The number of nitrogens with zero attached hydrogens (tertiary/aromatic N) is 6. The largest absolute Gasteiger partial charge is 0.378 e. The Labute approximate surface area is 257 Å². The van der Waals surface area contributed by atoms with Crippen LogP contribution in [0.5, 0.6) is 0 Å². The molecule has 0 spiro atoms.